The summed E-state index contributed by atoms with van der Waals surface area (Å²) in [5.74, 6) is -1.45. The molecule has 1 aromatic carbocycles. The lowest BCUT2D eigenvalue weighted by atomic mass is 10.2. The summed E-state index contributed by atoms with van der Waals surface area (Å²) in [4.78, 5) is 25.1. The molecule has 0 radical (unpaired) electrons. The first-order valence-electron chi connectivity index (χ1n) is 6.93. The third-order valence-electron chi connectivity index (χ3n) is 3.10. The highest BCUT2D eigenvalue weighted by molar-refractivity contribution is 5.96. The fourth-order valence-electron chi connectivity index (χ4n) is 1.79. The monoisotopic (exact) mass is 296 g/mol. The minimum Gasteiger partial charge on any atom is -0.396 e. The number of nitrogens with zero attached hydrogens (tertiary/aromatic N) is 1. The maximum absolute atomic E-state index is 13.4. The molecule has 2 N–H and O–H groups in total. The number of likely N-dealkylation sites (N-methyl/N-ethyl adjacent to an activating group) is 1. The van der Waals surface area contributed by atoms with Crippen LogP contribution in [0.2, 0.25) is 0 Å². The van der Waals surface area contributed by atoms with Crippen molar-refractivity contribution in [1.82, 2.24) is 10.2 Å². The quantitative estimate of drug-likeness (QED) is 0.708. The van der Waals surface area contributed by atoms with Crippen molar-refractivity contribution in [3.63, 3.8) is 0 Å². The lowest BCUT2D eigenvalue weighted by Crippen LogP contribution is -2.38. The molecule has 0 spiro atoms. The third kappa shape index (κ3) is 5.91. The van der Waals surface area contributed by atoms with Crippen LogP contribution >= 0.6 is 0 Å². The number of aliphatic hydroxyl groups excluding tert-OH is 1. The molecule has 0 saturated carbocycles. The van der Waals surface area contributed by atoms with E-state index in [4.69, 9.17) is 5.11 Å². The minimum atomic E-state index is -0.611. The van der Waals surface area contributed by atoms with E-state index in [1.54, 1.807) is 13.1 Å². The van der Waals surface area contributed by atoms with Gasteiger partial charge in [-0.25, -0.2) is 4.39 Å². The average Bonchev–Trinajstić information content (AvgIpc) is 2.49. The molecule has 1 aromatic rings. The Morgan fingerprint density at radius 1 is 1.24 bits per heavy atom. The number of nitrogens with one attached hydrogen (secondary N) is 1. The zero-order chi connectivity index (χ0) is 15.7. The molecule has 1 rings (SSSR count). The van der Waals surface area contributed by atoms with E-state index in [1.165, 1.54) is 23.1 Å². The number of rotatable bonds is 8. The summed E-state index contributed by atoms with van der Waals surface area (Å²) in [6.07, 6.45) is 2.35. The summed E-state index contributed by atoms with van der Waals surface area (Å²) in [6, 6.07) is 5.63. The molecule has 116 valence electrons. The van der Waals surface area contributed by atoms with Gasteiger partial charge < -0.3 is 15.3 Å². The molecular formula is C15H21FN2O3. The van der Waals surface area contributed by atoms with E-state index in [-0.39, 0.29) is 24.6 Å². The second kappa shape index (κ2) is 9.07. The predicted molar refractivity (Wildman–Crippen MR) is 77.3 cm³/mol. The van der Waals surface area contributed by atoms with Crippen LogP contribution in [0, 0.1) is 5.82 Å². The number of benzene rings is 1. The van der Waals surface area contributed by atoms with Crippen molar-refractivity contribution in [2.75, 3.05) is 26.7 Å². The van der Waals surface area contributed by atoms with Crippen molar-refractivity contribution in [2.45, 2.75) is 19.3 Å². The standard InChI is InChI=1S/C15H21FN2O3/c1-18(9-5-2-6-10-19)14(20)11-17-15(21)12-7-3-4-8-13(12)16/h3-4,7-8,19H,2,5-6,9-11H2,1H3,(H,17,21). The first-order chi connectivity index (χ1) is 10.1. The van der Waals surface area contributed by atoms with E-state index in [2.05, 4.69) is 5.32 Å². The Hall–Kier alpha value is -1.95. The zero-order valence-corrected chi connectivity index (χ0v) is 12.1. The fraction of sp³-hybridized carbons (Fsp3) is 0.467. The molecule has 0 bridgehead atoms. The van der Waals surface area contributed by atoms with Gasteiger partial charge in [0.25, 0.3) is 5.91 Å². The highest BCUT2D eigenvalue weighted by atomic mass is 19.1. The Balaban J connectivity index is 2.35. The van der Waals surface area contributed by atoms with Gasteiger partial charge in [0, 0.05) is 20.2 Å². The van der Waals surface area contributed by atoms with Crippen LogP contribution in [0.15, 0.2) is 24.3 Å². The van der Waals surface area contributed by atoms with Crippen molar-refractivity contribution in [2.24, 2.45) is 0 Å². The second-order valence-corrected chi connectivity index (χ2v) is 4.76. The van der Waals surface area contributed by atoms with Crippen LogP contribution in [-0.2, 0) is 4.79 Å². The van der Waals surface area contributed by atoms with Crippen LogP contribution in [0.25, 0.3) is 0 Å². The molecule has 0 heterocycles. The molecule has 0 fully saturated rings. The van der Waals surface area contributed by atoms with Crippen molar-refractivity contribution in [3.05, 3.63) is 35.6 Å². The highest BCUT2D eigenvalue weighted by Gasteiger charge is 2.13. The van der Waals surface area contributed by atoms with Crippen molar-refractivity contribution in [3.8, 4) is 0 Å². The van der Waals surface area contributed by atoms with Gasteiger partial charge in [-0.05, 0) is 31.4 Å². The first-order valence-corrected chi connectivity index (χ1v) is 6.93. The van der Waals surface area contributed by atoms with Crippen molar-refractivity contribution < 1.29 is 19.1 Å². The molecule has 0 atom stereocenters. The highest BCUT2D eigenvalue weighted by Crippen LogP contribution is 2.05. The van der Waals surface area contributed by atoms with Crippen molar-refractivity contribution >= 4 is 11.8 Å². The Morgan fingerprint density at radius 3 is 2.62 bits per heavy atom. The molecule has 0 aliphatic rings. The van der Waals surface area contributed by atoms with Crippen molar-refractivity contribution in [1.29, 1.82) is 0 Å². The average molecular weight is 296 g/mol. The Bertz CT molecular complexity index is 480. The van der Waals surface area contributed by atoms with Gasteiger partial charge in [-0.3, -0.25) is 9.59 Å². The summed E-state index contributed by atoms with van der Waals surface area (Å²) in [6.45, 7) is 0.550. The van der Waals surface area contributed by atoms with E-state index in [0.29, 0.717) is 13.0 Å². The number of unbranched alkanes of at least 4 members (excludes halogenated alkanes) is 2. The van der Waals surface area contributed by atoms with Gasteiger partial charge in [-0.1, -0.05) is 12.1 Å². The van der Waals surface area contributed by atoms with E-state index in [9.17, 15) is 14.0 Å². The van der Waals surface area contributed by atoms with Crippen LogP contribution in [-0.4, -0.2) is 48.6 Å². The van der Waals surface area contributed by atoms with E-state index < -0.39 is 11.7 Å². The van der Waals surface area contributed by atoms with Crippen LogP contribution in [0.3, 0.4) is 0 Å². The molecule has 0 unspecified atom stereocenters. The molecule has 0 aliphatic carbocycles. The summed E-state index contributed by atoms with van der Waals surface area (Å²) >= 11 is 0. The van der Waals surface area contributed by atoms with E-state index >= 15 is 0 Å². The van der Waals surface area contributed by atoms with Gasteiger partial charge in [0.05, 0.1) is 12.1 Å². The lowest BCUT2D eigenvalue weighted by Gasteiger charge is -2.17. The Kier molecular flexibility index (Phi) is 7.39. The molecule has 2 amide bonds. The fourth-order valence-corrected chi connectivity index (χ4v) is 1.79. The number of carbonyl (C=O) groups excluding carboxylic acids is 2. The number of hydrogen-bond acceptors (Lipinski definition) is 3. The number of aliphatic hydroxyl groups is 1. The summed E-state index contributed by atoms with van der Waals surface area (Å²) < 4.78 is 13.4. The Labute approximate surface area is 123 Å². The number of hydrogen-bond donors (Lipinski definition) is 2. The molecule has 6 heteroatoms. The lowest BCUT2D eigenvalue weighted by molar-refractivity contribution is -0.128. The molecule has 0 aromatic heterocycles. The molecule has 0 aliphatic heterocycles. The summed E-state index contributed by atoms with van der Waals surface area (Å²) in [5.41, 5.74) is -0.0732. The van der Waals surface area contributed by atoms with Crippen LogP contribution in [0.1, 0.15) is 29.6 Å². The van der Waals surface area contributed by atoms with Gasteiger partial charge in [0.2, 0.25) is 5.91 Å². The number of carbonyl (C=O) groups is 2. The molecular weight excluding hydrogens is 275 g/mol. The maximum Gasteiger partial charge on any atom is 0.254 e. The summed E-state index contributed by atoms with van der Waals surface area (Å²) in [7, 11) is 1.65. The second-order valence-electron chi connectivity index (χ2n) is 4.76. The van der Waals surface area contributed by atoms with E-state index in [1.807, 2.05) is 0 Å². The minimum absolute atomic E-state index is 0.0732. The first kappa shape index (κ1) is 17.1. The van der Waals surface area contributed by atoms with Gasteiger partial charge in [-0.15, -0.1) is 0 Å². The SMILES string of the molecule is CN(CCCCCO)C(=O)CNC(=O)c1ccccc1F. The predicted octanol–water partition coefficient (Wildman–Crippen LogP) is 1.18. The van der Waals surface area contributed by atoms with Crippen LogP contribution in [0.4, 0.5) is 4.39 Å². The Morgan fingerprint density at radius 2 is 1.95 bits per heavy atom. The number of amides is 2. The normalized spacial score (nSPS) is 10.2. The van der Waals surface area contributed by atoms with Gasteiger partial charge >= 0.3 is 0 Å². The molecule has 0 saturated heterocycles. The molecule has 5 nitrogen and oxygen atoms in total. The van der Waals surface area contributed by atoms with Gasteiger partial charge in [-0.2, -0.15) is 0 Å². The smallest absolute Gasteiger partial charge is 0.254 e. The van der Waals surface area contributed by atoms with Gasteiger partial charge in [0.1, 0.15) is 5.82 Å². The maximum atomic E-state index is 13.4. The summed E-state index contributed by atoms with van der Waals surface area (Å²) in [5, 5.41) is 11.1. The van der Waals surface area contributed by atoms with Crippen LogP contribution in [0.5, 0.6) is 0 Å². The zero-order valence-electron chi connectivity index (χ0n) is 12.1. The van der Waals surface area contributed by atoms with E-state index in [0.717, 1.165) is 12.8 Å². The molecule has 21 heavy (non-hydrogen) atoms. The number of halogens is 1. The van der Waals surface area contributed by atoms with Crippen LogP contribution < -0.4 is 5.32 Å². The van der Waals surface area contributed by atoms with Gasteiger partial charge in [0.15, 0.2) is 0 Å². The topological polar surface area (TPSA) is 69.6 Å². The largest absolute Gasteiger partial charge is 0.396 e. The third-order valence-corrected chi connectivity index (χ3v) is 3.10.